The number of hydrogen-bond donors (Lipinski definition) is 0. The summed E-state index contributed by atoms with van der Waals surface area (Å²) in [6.07, 6.45) is 0. The monoisotopic (exact) mass is 648 g/mol. The lowest BCUT2D eigenvalue weighted by molar-refractivity contribution is 0.628. The molecule has 2 nitrogen and oxygen atoms in total. The van der Waals surface area contributed by atoms with Gasteiger partial charge in [0.15, 0.2) is 0 Å². The molecule has 50 heavy (non-hydrogen) atoms. The van der Waals surface area contributed by atoms with Crippen LogP contribution in [0.2, 0.25) is 0 Å². The molecule has 0 spiro atoms. The molecule has 0 amide bonds. The van der Waals surface area contributed by atoms with Crippen LogP contribution in [0.4, 0.5) is 25.8 Å². The first kappa shape index (κ1) is 29.6. The number of halogens is 2. The van der Waals surface area contributed by atoms with E-state index in [1.165, 1.54) is 51.7 Å². The molecule has 0 saturated carbocycles. The highest BCUT2D eigenvalue weighted by molar-refractivity contribution is 6.09. The second kappa shape index (κ2) is 12.2. The summed E-state index contributed by atoms with van der Waals surface area (Å²) in [5.41, 5.74) is 10.3. The molecule has 0 radical (unpaired) electrons. The molecule has 1 heterocycles. The zero-order valence-corrected chi connectivity index (χ0v) is 27.0. The molecule has 8 aromatic carbocycles. The third-order valence-corrected chi connectivity index (χ3v) is 9.50. The highest BCUT2D eigenvalue weighted by Crippen LogP contribution is 2.40. The van der Waals surface area contributed by atoms with E-state index >= 15 is 0 Å². The van der Waals surface area contributed by atoms with Crippen molar-refractivity contribution >= 4 is 49.6 Å². The van der Waals surface area contributed by atoms with E-state index < -0.39 is 0 Å². The Morgan fingerprint density at radius 1 is 0.400 bits per heavy atom. The highest BCUT2D eigenvalue weighted by atomic mass is 19.1. The summed E-state index contributed by atoms with van der Waals surface area (Å²) in [5.74, 6) is -0.699. The standard InChI is InChI=1S/C46H30F2N2/c47-34-19-27-44-42(29-34)43-30-35(48)20-28-45(43)50(44)39-25-23-38(24-26-39)49(36-13-5-2-6-14-36)37-21-17-32(18-22-37)41-16-8-12-33-11-7-15-40(46(33)41)31-9-3-1-4-10-31/h1-30H. The molecule has 9 aromatic rings. The highest BCUT2D eigenvalue weighted by Gasteiger charge is 2.17. The SMILES string of the molecule is Fc1ccc2c(c1)c1cc(F)ccc1n2-c1ccc(N(c2ccccc2)c2ccc(-c3cccc4cccc(-c5ccccc5)c34)cc2)cc1. The van der Waals surface area contributed by atoms with Gasteiger partial charge in [0.25, 0.3) is 0 Å². The first-order chi connectivity index (χ1) is 24.6. The summed E-state index contributed by atoms with van der Waals surface area (Å²) in [7, 11) is 0. The van der Waals surface area contributed by atoms with Crippen molar-refractivity contribution in [2.75, 3.05) is 4.90 Å². The van der Waals surface area contributed by atoms with E-state index in [-0.39, 0.29) is 11.6 Å². The van der Waals surface area contributed by atoms with Crippen LogP contribution in [0.25, 0.3) is 60.5 Å². The van der Waals surface area contributed by atoms with Gasteiger partial charge in [-0.05, 0) is 118 Å². The fourth-order valence-electron chi connectivity index (χ4n) is 7.25. The average Bonchev–Trinajstić information content (AvgIpc) is 3.48. The van der Waals surface area contributed by atoms with Crippen LogP contribution in [0.5, 0.6) is 0 Å². The normalized spacial score (nSPS) is 11.4. The van der Waals surface area contributed by atoms with Crippen molar-refractivity contribution in [3.8, 4) is 27.9 Å². The van der Waals surface area contributed by atoms with Crippen LogP contribution in [-0.2, 0) is 0 Å². The fraction of sp³-hybridized carbons (Fsp3) is 0. The van der Waals surface area contributed by atoms with Crippen molar-refractivity contribution in [3.05, 3.63) is 194 Å². The van der Waals surface area contributed by atoms with Crippen molar-refractivity contribution in [1.29, 1.82) is 0 Å². The molecule has 4 heteroatoms. The molecular formula is C46H30F2N2. The van der Waals surface area contributed by atoms with Crippen LogP contribution in [0, 0.1) is 11.6 Å². The van der Waals surface area contributed by atoms with Gasteiger partial charge in [-0.1, -0.05) is 97.1 Å². The van der Waals surface area contributed by atoms with Crippen molar-refractivity contribution in [3.63, 3.8) is 0 Å². The number of aromatic nitrogens is 1. The van der Waals surface area contributed by atoms with E-state index in [4.69, 9.17) is 0 Å². The Morgan fingerprint density at radius 2 is 0.880 bits per heavy atom. The van der Waals surface area contributed by atoms with Gasteiger partial charge in [-0.2, -0.15) is 0 Å². The first-order valence-corrected chi connectivity index (χ1v) is 16.6. The Morgan fingerprint density at radius 3 is 1.44 bits per heavy atom. The third kappa shape index (κ3) is 5.10. The van der Waals surface area contributed by atoms with Crippen LogP contribution in [0.1, 0.15) is 0 Å². The van der Waals surface area contributed by atoms with Gasteiger partial charge >= 0.3 is 0 Å². The largest absolute Gasteiger partial charge is 0.311 e. The lowest BCUT2D eigenvalue weighted by atomic mass is 9.91. The minimum absolute atomic E-state index is 0.349. The van der Waals surface area contributed by atoms with Crippen molar-refractivity contribution in [2.45, 2.75) is 0 Å². The molecule has 0 fully saturated rings. The van der Waals surface area contributed by atoms with E-state index in [0.29, 0.717) is 10.8 Å². The molecule has 0 aliphatic carbocycles. The van der Waals surface area contributed by atoms with Crippen LogP contribution in [-0.4, -0.2) is 4.57 Å². The zero-order valence-electron chi connectivity index (χ0n) is 27.0. The lowest BCUT2D eigenvalue weighted by Crippen LogP contribution is -2.10. The average molecular weight is 649 g/mol. The quantitative estimate of drug-likeness (QED) is 0.174. The summed E-state index contributed by atoms with van der Waals surface area (Å²) >= 11 is 0. The van der Waals surface area contributed by atoms with Crippen molar-refractivity contribution < 1.29 is 8.78 Å². The molecule has 9 rings (SSSR count). The van der Waals surface area contributed by atoms with Gasteiger partial charge in [-0.15, -0.1) is 0 Å². The molecule has 0 saturated heterocycles. The Hall–Kier alpha value is -6.52. The van der Waals surface area contributed by atoms with E-state index in [1.807, 2.05) is 18.2 Å². The minimum Gasteiger partial charge on any atom is -0.311 e. The minimum atomic E-state index is -0.349. The number of para-hydroxylation sites is 1. The Kier molecular flexibility index (Phi) is 7.21. The molecule has 0 unspecified atom stereocenters. The van der Waals surface area contributed by atoms with Gasteiger partial charge in [0, 0.05) is 33.5 Å². The van der Waals surface area contributed by atoms with Gasteiger partial charge < -0.3 is 9.47 Å². The van der Waals surface area contributed by atoms with E-state index in [2.05, 4.69) is 137 Å². The van der Waals surface area contributed by atoms with Crippen LogP contribution < -0.4 is 4.90 Å². The van der Waals surface area contributed by atoms with Gasteiger partial charge in [0.2, 0.25) is 0 Å². The Balaban J connectivity index is 1.13. The predicted molar refractivity (Wildman–Crippen MR) is 204 cm³/mol. The molecule has 0 N–H and O–H groups in total. The number of anilines is 3. The maximum absolute atomic E-state index is 14.3. The number of benzene rings is 8. The second-order valence-corrected chi connectivity index (χ2v) is 12.5. The Labute approximate surface area is 288 Å². The van der Waals surface area contributed by atoms with Crippen molar-refractivity contribution in [2.24, 2.45) is 0 Å². The van der Waals surface area contributed by atoms with Crippen LogP contribution in [0.3, 0.4) is 0 Å². The van der Waals surface area contributed by atoms with Crippen molar-refractivity contribution in [1.82, 2.24) is 4.57 Å². The topological polar surface area (TPSA) is 8.17 Å². The second-order valence-electron chi connectivity index (χ2n) is 12.5. The van der Waals surface area contributed by atoms with Crippen LogP contribution in [0.15, 0.2) is 182 Å². The van der Waals surface area contributed by atoms with Crippen LogP contribution >= 0.6 is 0 Å². The fourth-order valence-corrected chi connectivity index (χ4v) is 7.25. The molecule has 0 bridgehead atoms. The summed E-state index contributed by atoms with van der Waals surface area (Å²) in [4.78, 5) is 2.24. The maximum Gasteiger partial charge on any atom is 0.123 e. The first-order valence-electron chi connectivity index (χ1n) is 16.6. The number of fused-ring (bicyclic) bond motifs is 4. The van der Waals surface area contributed by atoms with Gasteiger partial charge in [-0.3, -0.25) is 0 Å². The van der Waals surface area contributed by atoms with E-state index in [1.54, 1.807) is 12.1 Å². The summed E-state index contributed by atoms with van der Waals surface area (Å²) in [6.45, 7) is 0. The van der Waals surface area contributed by atoms with E-state index in [0.717, 1.165) is 39.3 Å². The molecule has 238 valence electrons. The summed E-state index contributed by atoms with van der Waals surface area (Å²) < 4.78 is 30.7. The molecular weight excluding hydrogens is 619 g/mol. The zero-order chi connectivity index (χ0) is 33.6. The molecule has 1 aromatic heterocycles. The number of nitrogens with zero attached hydrogens (tertiary/aromatic N) is 2. The third-order valence-electron chi connectivity index (χ3n) is 9.50. The number of rotatable bonds is 6. The van der Waals surface area contributed by atoms with Gasteiger partial charge in [0.05, 0.1) is 11.0 Å². The summed E-state index contributed by atoms with van der Waals surface area (Å²) in [6, 6.07) is 60.3. The maximum atomic E-state index is 14.3. The van der Waals surface area contributed by atoms with Gasteiger partial charge in [0.1, 0.15) is 11.6 Å². The van der Waals surface area contributed by atoms with E-state index in [9.17, 15) is 8.78 Å². The predicted octanol–water partition coefficient (Wildman–Crippen LogP) is 13.0. The number of hydrogen-bond acceptors (Lipinski definition) is 1. The summed E-state index contributed by atoms with van der Waals surface area (Å²) in [5, 5.41) is 3.80. The molecule has 0 aliphatic rings. The smallest absolute Gasteiger partial charge is 0.123 e. The molecule has 0 atom stereocenters. The van der Waals surface area contributed by atoms with Gasteiger partial charge in [-0.25, -0.2) is 8.78 Å². The molecule has 0 aliphatic heterocycles. The lowest BCUT2D eigenvalue weighted by Gasteiger charge is -2.26. The Bertz CT molecular complexity index is 2580.